The first-order valence-corrected chi connectivity index (χ1v) is 4.04. The van der Waals surface area contributed by atoms with Crippen molar-refractivity contribution in [1.82, 2.24) is 0 Å². The Kier molecular flexibility index (Phi) is 4.39. The maximum atomic E-state index is 11.1. The Morgan fingerprint density at radius 2 is 2.08 bits per heavy atom. The molecule has 0 aromatic carbocycles. The first kappa shape index (κ1) is 11.6. The minimum absolute atomic E-state index is 0.185. The van der Waals surface area contributed by atoms with Gasteiger partial charge in [0.2, 0.25) is 5.87 Å². The van der Waals surface area contributed by atoms with Gasteiger partial charge in [0.15, 0.2) is 7.28 Å². The summed E-state index contributed by atoms with van der Waals surface area (Å²) in [5, 5.41) is 0. The number of hydrogen-bond donors (Lipinski definition) is 1. The maximum Gasteiger partial charge on any atom is 0.263 e. The van der Waals surface area contributed by atoms with Crippen molar-refractivity contribution in [2.75, 3.05) is 0 Å². The minimum Gasteiger partial charge on any atom is -0.462 e. The lowest BCUT2D eigenvalue weighted by Crippen LogP contribution is -2.46. The molecule has 1 unspecified atom stereocenters. The van der Waals surface area contributed by atoms with E-state index in [2.05, 4.69) is 0 Å². The van der Waals surface area contributed by atoms with Crippen molar-refractivity contribution in [1.29, 1.82) is 0 Å². The van der Waals surface area contributed by atoms with E-state index >= 15 is 0 Å². The summed E-state index contributed by atoms with van der Waals surface area (Å²) in [5.74, 6) is -0.182. The molecule has 0 saturated carbocycles. The molecule has 0 rings (SSSR count). The molecule has 2 radical (unpaired) electrons. The molecule has 0 aliphatic heterocycles. The molecule has 2 N–H and O–H groups in total. The summed E-state index contributed by atoms with van der Waals surface area (Å²) >= 11 is 0. The van der Waals surface area contributed by atoms with Gasteiger partial charge in [-0.15, -0.1) is 0 Å². The summed E-state index contributed by atoms with van der Waals surface area (Å²) in [6.07, 6.45) is 0. The van der Waals surface area contributed by atoms with Crippen LogP contribution in [-0.4, -0.2) is 26.1 Å². The summed E-state index contributed by atoms with van der Waals surface area (Å²) in [6.45, 7) is 7.21. The molecule has 66 valence electrons. The largest absolute Gasteiger partial charge is 0.462 e. The van der Waals surface area contributed by atoms with Gasteiger partial charge in [-0.3, -0.25) is 4.79 Å². The van der Waals surface area contributed by atoms with E-state index in [1.54, 1.807) is 21.0 Å². The monoisotopic (exact) mass is 167 g/mol. The Morgan fingerprint density at radius 1 is 1.58 bits per heavy atom. The molecule has 3 nitrogen and oxygen atoms in total. The van der Waals surface area contributed by atoms with Crippen LogP contribution >= 0.6 is 0 Å². The number of nitrogens with two attached hydrogens (primary N) is 1. The fourth-order valence-corrected chi connectivity index (χ4v) is 0.582. The van der Waals surface area contributed by atoms with Crippen molar-refractivity contribution in [2.24, 2.45) is 5.73 Å². The van der Waals surface area contributed by atoms with Crippen LogP contribution in [0.4, 0.5) is 4.79 Å². The first-order chi connectivity index (χ1) is 5.37. The van der Waals surface area contributed by atoms with Gasteiger partial charge >= 0.3 is 0 Å². The standard InChI is InChI=1S/C7H15B2NO2/c1-5(2)9-6(11)12-7(3,10)8-4/h5H,10H2,1-4H3. The molecule has 0 aromatic rings. The first-order valence-electron chi connectivity index (χ1n) is 4.04. The van der Waals surface area contributed by atoms with E-state index in [0.29, 0.717) is 0 Å². The second-order valence-electron chi connectivity index (χ2n) is 3.30. The zero-order chi connectivity index (χ0) is 9.78. The second kappa shape index (κ2) is 4.55. The van der Waals surface area contributed by atoms with Gasteiger partial charge in [0.1, 0.15) is 5.62 Å². The molecule has 0 heterocycles. The average Bonchev–Trinajstić information content (AvgIpc) is 1.84. The van der Waals surface area contributed by atoms with E-state index in [-0.39, 0.29) is 11.7 Å². The molecule has 0 aliphatic rings. The fourth-order valence-electron chi connectivity index (χ4n) is 0.582. The van der Waals surface area contributed by atoms with Crippen LogP contribution < -0.4 is 5.73 Å². The van der Waals surface area contributed by atoms with Crippen LogP contribution in [0.25, 0.3) is 0 Å². The van der Waals surface area contributed by atoms with Crippen LogP contribution in [0.1, 0.15) is 20.8 Å². The summed E-state index contributed by atoms with van der Waals surface area (Å²) in [6, 6.07) is 0. The van der Waals surface area contributed by atoms with Crippen molar-refractivity contribution in [3.8, 4) is 0 Å². The lowest BCUT2D eigenvalue weighted by molar-refractivity contribution is 0.105. The summed E-state index contributed by atoms with van der Waals surface area (Å²) < 4.78 is 4.93. The molecule has 0 aliphatic carbocycles. The van der Waals surface area contributed by atoms with Crippen molar-refractivity contribution in [3.05, 3.63) is 0 Å². The van der Waals surface area contributed by atoms with E-state index < -0.39 is 5.62 Å². The van der Waals surface area contributed by atoms with Crippen molar-refractivity contribution < 1.29 is 9.53 Å². The third kappa shape index (κ3) is 5.24. The van der Waals surface area contributed by atoms with Gasteiger partial charge in [-0.05, 0) is 6.92 Å². The number of hydrogen-bond acceptors (Lipinski definition) is 3. The van der Waals surface area contributed by atoms with Gasteiger partial charge < -0.3 is 10.5 Å². The number of ether oxygens (including phenoxy) is 1. The Morgan fingerprint density at radius 3 is 2.42 bits per heavy atom. The minimum atomic E-state index is -0.956. The number of carbonyl (C=O) groups is 1. The predicted molar refractivity (Wildman–Crippen MR) is 51.5 cm³/mol. The Balaban J connectivity index is 3.84. The van der Waals surface area contributed by atoms with Crippen molar-refractivity contribution in [3.63, 3.8) is 0 Å². The molecular weight excluding hydrogens is 152 g/mol. The molecule has 12 heavy (non-hydrogen) atoms. The lowest BCUT2D eigenvalue weighted by Gasteiger charge is -2.23. The molecule has 0 aromatic heterocycles. The van der Waals surface area contributed by atoms with Crippen molar-refractivity contribution >= 4 is 20.4 Å². The number of rotatable bonds is 4. The average molecular weight is 167 g/mol. The molecule has 0 fully saturated rings. The molecule has 0 saturated heterocycles. The Hall–Kier alpha value is -0.440. The van der Waals surface area contributed by atoms with Gasteiger partial charge in [-0.25, -0.2) is 0 Å². The van der Waals surface area contributed by atoms with E-state index in [1.165, 1.54) is 7.28 Å². The normalized spacial score (nSPS) is 15.2. The van der Waals surface area contributed by atoms with Gasteiger partial charge in [-0.1, -0.05) is 26.5 Å². The molecule has 0 spiro atoms. The SMILES string of the molecule is C[B]C(C)(N)OC(=O)[B]C(C)C. The third-order valence-electron chi connectivity index (χ3n) is 1.36. The highest BCUT2D eigenvalue weighted by atomic mass is 16.6. The maximum absolute atomic E-state index is 11.1. The topological polar surface area (TPSA) is 52.3 Å². The summed E-state index contributed by atoms with van der Waals surface area (Å²) in [7, 11) is 3.13. The summed E-state index contributed by atoms with van der Waals surface area (Å²) in [5.41, 5.74) is 4.62. The highest BCUT2D eigenvalue weighted by Gasteiger charge is 2.22. The van der Waals surface area contributed by atoms with E-state index in [0.717, 1.165) is 0 Å². The van der Waals surface area contributed by atoms with Gasteiger partial charge in [0.25, 0.3) is 7.28 Å². The van der Waals surface area contributed by atoms with Gasteiger partial charge in [0.05, 0.1) is 0 Å². The quantitative estimate of drug-likeness (QED) is 0.502. The van der Waals surface area contributed by atoms with Crippen molar-refractivity contribution in [2.45, 2.75) is 39.0 Å². The highest BCUT2D eigenvalue weighted by molar-refractivity contribution is 6.73. The van der Waals surface area contributed by atoms with Crippen LogP contribution in [0.2, 0.25) is 12.6 Å². The van der Waals surface area contributed by atoms with Crippen LogP contribution in [-0.2, 0) is 4.74 Å². The van der Waals surface area contributed by atoms with Crippen LogP contribution in [0.5, 0.6) is 0 Å². The Bertz CT molecular complexity index is 159. The smallest absolute Gasteiger partial charge is 0.263 e. The van der Waals surface area contributed by atoms with Crippen LogP contribution in [0, 0.1) is 0 Å². The summed E-state index contributed by atoms with van der Waals surface area (Å²) in [4.78, 5) is 11.1. The molecule has 0 bridgehead atoms. The second-order valence-corrected chi connectivity index (χ2v) is 3.30. The fraction of sp³-hybridized carbons (Fsp3) is 0.857. The molecular formula is C7H15B2NO2. The Labute approximate surface area is 75.5 Å². The number of carbonyl (C=O) groups excluding carboxylic acids is 1. The zero-order valence-corrected chi connectivity index (χ0v) is 8.13. The zero-order valence-electron chi connectivity index (χ0n) is 8.13. The molecule has 1 atom stereocenters. The van der Waals surface area contributed by atoms with E-state index in [9.17, 15) is 4.79 Å². The third-order valence-corrected chi connectivity index (χ3v) is 1.36. The van der Waals surface area contributed by atoms with E-state index in [1.807, 2.05) is 13.8 Å². The van der Waals surface area contributed by atoms with Gasteiger partial charge in [-0.2, -0.15) is 0 Å². The molecule has 5 heteroatoms. The van der Waals surface area contributed by atoms with Crippen LogP contribution in [0.3, 0.4) is 0 Å². The van der Waals surface area contributed by atoms with Crippen LogP contribution in [0.15, 0.2) is 0 Å². The molecule has 0 amide bonds. The highest BCUT2D eigenvalue weighted by Crippen LogP contribution is 2.04. The lowest BCUT2D eigenvalue weighted by atomic mass is 9.65. The van der Waals surface area contributed by atoms with Gasteiger partial charge in [0, 0.05) is 0 Å². The van der Waals surface area contributed by atoms with E-state index in [4.69, 9.17) is 10.5 Å². The predicted octanol–water partition coefficient (Wildman–Crippen LogP) is 1.04.